The maximum absolute atomic E-state index is 12.2. The first-order valence-electron chi connectivity index (χ1n) is 8.08. The zero-order valence-corrected chi connectivity index (χ0v) is 13.8. The van der Waals surface area contributed by atoms with E-state index in [0.717, 1.165) is 35.1 Å². The maximum Gasteiger partial charge on any atom is 0.341 e. The van der Waals surface area contributed by atoms with E-state index in [4.69, 9.17) is 9.47 Å². The SMILES string of the molecule is CCOC(=O)C1=CNCCc2c1[nH]c1cc(C(=O)OCC)ccc21. The summed E-state index contributed by atoms with van der Waals surface area (Å²) in [7, 11) is 0. The van der Waals surface area contributed by atoms with Gasteiger partial charge >= 0.3 is 11.9 Å². The molecule has 3 rings (SSSR count). The number of hydrogen-bond acceptors (Lipinski definition) is 5. The quantitative estimate of drug-likeness (QED) is 0.843. The molecular weight excluding hydrogens is 308 g/mol. The van der Waals surface area contributed by atoms with Gasteiger partial charge in [-0.2, -0.15) is 0 Å². The number of esters is 2. The van der Waals surface area contributed by atoms with Crippen LogP contribution in [0.5, 0.6) is 0 Å². The third kappa shape index (κ3) is 2.87. The van der Waals surface area contributed by atoms with E-state index in [1.807, 2.05) is 6.07 Å². The van der Waals surface area contributed by atoms with Crippen molar-refractivity contribution in [1.82, 2.24) is 10.3 Å². The van der Waals surface area contributed by atoms with Crippen LogP contribution in [-0.4, -0.2) is 36.7 Å². The van der Waals surface area contributed by atoms with E-state index in [9.17, 15) is 9.59 Å². The molecule has 0 saturated heterocycles. The Balaban J connectivity index is 2.07. The van der Waals surface area contributed by atoms with Gasteiger partial charge in [0.15, 0.2) is 0 Å². The van der Waals surface area contributed by atoms with Crippen molar-refractivity contribution >= 4 is 28.4 Å². The lowest BCUT2D eigenvalue weighted by Crippen LogP contribution is -2.11. The molecule has 0 spiro atoms. The first kappa shape index (κ1) is 16.1. The van der Waals surface area contributed by atoms with Crippen molar-refractivity contribution in [3.05, 3.63) is 41.2 Å². The van der Waals surface area contributed by atoms with Crippen LogP contribution in [0, 0.1) is 0 Å². The highest BCUT2D eigenvalue weighted by Crippen LogP contribution is 2.30. The molecule has 0 unspecified atom stereocenters. The summed E-state index contributed by atoms with van der Waals surface area (Å²) in [5.74, 6) is -0.725. The molecule has 0 radical (unpaired) electrons. The molecule has 24 heavy (non-hydrogen) atoms. The van der Waals surface area contributed by atoms with Crippen LogP contribution < -0.4 is 5.32 Å². The van der Waals surface area contributed by atoms with Gasteiger partial charge in [0.25, 0.3) is 0 Å². The van der Waals surface area contributed by atoms with Crippen molar-refractivity contribution in [2.24, 2.45) is 0 Å². The van der Waals surface area contributed by atoms with Crippen LogP contribution in [0.3, 0.4) is 0 Å². The molecule has 0 saturated carbocycles. The Bertz CT molecular complexity index is 820. The summed E-state index contributed by atoms with van der Waals surface area (Å²) in [5.41, 5.74) is 3.56. The number of aromatic amines is 1. The summed E-state index contributed by atoms with van der Waals surface area (Å²) in [6, 6.07) is 5.41. The van der Waals surface area contributed by atoms with Crippen molar-refractivity contribution < 1.29 is 19.1 Å². The van der Waals surface area contributed by atoms with E-state index in [1.165, 1.54) is 0 Å². The second-order valence-corrected chi connectivity index (χ2v) is 5.44. The molecule has 2 N–H and O–H groups in total. The van der Waals surface area contributed by atoms with Gasteiger partial charge in [-0.3, -0.25) is 0 Å². The Morgan fingerprint density at radius 2 is 1.88 bits per heavy atom. The van der Waals surface area contributed by atoms with E-state index in [1.54, 1.807) is 32.2 Å². The molecular formula is C18H20N2O4. The fourth-order valence-corrected chi connectivity index (χ4v) is 2.90. The molecule has 126 valence electrons. The Kier molecular flexibility index (Phi) is 4.55. The van der Waals surface area contributed by atoms with Crippen LogP contribution in [-0.2, 0) is 20.7 Å². The fraction of sp³-hybridized carbons (Fsp3) is 0.333. The molecule has 0 atom stereocenters. The summed E-state index contributed by atoms with van der Waals surface area (Å²) >= 11 is 0. The number of carbonyl (C=O) groups is 2. The zero-order valence-electron chi connectivity index (χ0n) is 13.8. The molecule has 1 aromatic heterocycles. The molecule has 1 aliphatic heterocycles. The van der Waals surface area contributed by atoms with E-state index in [-0.39, 0.29) is 11.9 Å². The Morgan fingerprint density at radius 1 is 1.12 bits per heavy atom. The number of ether oxygens (including phenoxy) is 2. The summed E-state index contributed by atoms with van der Waals surface area (Å²) in [4.78, 5) is 27.4. The number of benzene rings is 1. The third-order valence-corrected chi connectivity index (χ3v) is 3.95. The van der Waals surface area contributed by atoms with Gasteiger partial charge in [0.1, 0.15) is 0 Å². The molecule has 2 heterocycles. The van der Waals surface area contributed by atoms with Gasteiger partial charge < -0.3 is 19.8 Å². The van der Waals surface area contributed by atoms with Gasteiger partial charge in [0, 0.05) is 23.6 Å². The van der Waals surface area contributed by atoms with Crippen molar-refractivity contribution in [1.29, 1.82) is 0 Å². The minimum Gasteiger partial charge on any atom is -0.462 e. The van der Waals surface area contributed by atoms with Crippen LogP contribution in [0.25, 0.3) is 16.5 Å². The second kappa shape index (κ2) is 6.78. The molecule has 0 amide bonds. The van der Waals surface area contributed by atoms with Crippen LogP contribution >= 0.6 is 0 Å². The lowest BCUT2D eigenvalue weighted by molar-refractivity contribution is -0.136. The van der Waals surface area contributed by atoms with Gasteiger partial charge in [0.2, 0.25) is 0 Å². The maximum atomic E-state index is 12.2. The topological polar surface area (TPSA) is 80.4 Å². The predicted octanol–water partition coefficient (Wildman–Crippen LogP) is 2.39. The first-order valence-corrected chi connectivity index (χ1v) is 8.08. The minimum absolute atomic E-state index is 0.318. The first-order chi connectivity index (χ1) is 11.7. The summed E-state index contributed by atoms with van der Waals surface area (Å²) < 4.78 is 10.2. The van der Waals surface area contributed by atoms with Crippen LogP contribution in [0.15, 0.2) is 24.4 Å². The zero-order chi connectivity index (χ0) is 17.1. The number of hydrogen-bond donors (Lipinski definition) is 2. The van der Waals surface area contributed by atoms with E-state index in [0.29, 0.717) is 24.4 Å². The largest absolute Gasteiger partial charge is 0.462 e. The smallest absolute Gasteiger partial charge is 0.341 e. The number of H-pyrrole nitrogens is 1. The Morgan fingerprint density at radius 3 is 2.62 bits per heavy atom. The number of fused-ring (bicyclic) bond motifs is 3. The van der Waals surface area contributed by atoms with Crippen LogP contribution in [0.4, 0.5) is 0 Å². The second-order valence-electron chi connectivity index (χ2n) is 5.44. The van der Waals surface area contributed by atoms with E-state index < -0.39 is 0 Å². The predicted molar refractivity (Wildman–Crippen MR) is 90.6 cm³/mol. The van der Waals surface area contributed by atoms with E-state index >= 15 is 0 Å². The molecule has 6 nitrogen and oxygen atoms in total. The molecule has 0 aliphatic carbocycles. The Labute approximate surface area is 139 Å². The molecule has 0 bridgehead atoms. The van der Waals surface area contributed by atoms with Crippen molar-refractivity contribution in [3.63, 3.8) is 0 Å². The van der Waals surface area contributed by atoms with Gasteiger partial charge in [-0.05, 0) is 38.0 Å². The monoisotopic (exact) mass is 328 g/mol. The van der Waals surface area contributed by atoms with Gasteiger partial charge in [-0.1, -0.05) is 6.07 Å². The number of rotatable bonds is 4. The Hall–Kier alpha value is -2.76. The average Bonchev–Trinajstić information content (AvgIpc) is 2.79. The van der Waals surface area contributed by atoms with Crippen molar-refractivity contribution in [2.45, 2.75) is 20.3 Å². The normalized spacial score (nSPS) is 13.5. The number of carbonyl (C=O) groups excluding carboxylic acids is 2. The standard InChI is InChI=1S/C18H20N2O4/c1-3-23-17(21)11-5-6-12-13-7-8-19-10-14(18(22)24-4-2)16(13)20-15(12)9-11/h5-6,9-10,19-20H,3-4,7-8H2,1-2H3. The number of nitrogens with one attached hydrogen (secondary N) is 2. The molecule has 1 aromatic carbocycles. The van der Waals surface area contributed by atoms with Crippen molar-refractivity contribution in [2.75, 3.05) is 19.8 Å². The highest BCUT2D eigenvalue weighted by atomic mass is 16.5. The van der Waals surface area contributed by atoms with Crippen molar-refractivity contribution in [3.8, 4) is 0 Å². The summed E-state index contributed by atoms with van der Waals surface area (Å²) in [6.45, 7) is 4.93. The van der Waals surface area contributed by atoms with Crippen LogP contribution in [0.1, 0.15) is 35.5 Å². The average molecular weight is 328 g/mol. The molecule has 0 fully saturated rings. The molecule has 1 aliphatic rings. The summed E-state index contributed by atoms with van der Waals surface area (Å²) in [6.07, 6.45) is 2.46. The lowest BCUT2D eigenvalue weighted by atomic mass is 10.0. The molecule has 2 aromatic rings. The molecule has 6 heteroatoms. The number of aromatic nitrogens is 1. The minimum atomic E-state index is -0.370. The van der Waals surface area contributed by atoms with Gasteiger partial charge in [0.05, 0.1) is 30.0 Å². The summed E-state index contributed by atoms with van der Waals surface area (Å²) in [5, 5.41) is 4.12. The van der Waals surface area contributed by atoms with E-state index in [2.05, 4.69) is 10.3 Å². The van der Waals surface area contributed by atoms with Crippen LogP contribution in [0.2, 0.25) is 0 Å². The fourth-order valence-electron chi connectivity index (χ4n) is 2.90. The van der Waals surface area contributed by atoms with Gasteiger partial charge in [-0.15, -0.1) is 0 Å². The highest BCUT2D eigenvalue weighted by Gasteiger charge is 2.23. The van der Waals surface area contributed by atoms with Gasteiger partial charge in [-0.25, -0.2) is 9.59 Å². The lowest BCUT2D eigenvalue weighted by Gasteiger charge is -2.05. The highest BCUT2D eigenvalue weighted by molar-refractivity contribution is 6.17. The third-order valence-electron chi connectivity index (χ3n) is 3.95.